The summed E-state index contributed by atoms with van der Waals surface area (Å²) in [5, 5.41) is 2.65. The molecule has 0 saturated heterocycles. The van der Waals surface area contributed by atoms with E-state index in [1.54, 1.807) is 36.2 Å². The van der Waals surface area contributed by atoms with Gasteiger partial charge in [0.1, 0.15) is 11.5 Å². The molecule has 2 rings (SSSR count). The zero-order chi connectivity index (χ0) is 18.1. The summed E-state index contributed by atoms with van der Waals surface area (Å²) in [6.45, 7) is 2.78. The minimum Gasteiger partial charge on any atom is -0.457 e. The maximum Gasteiger partial charge on any atom is 0.251 e. The number of carbonyl (C=O) groups is 2. The van der Waals surface area contributed by atoms with Gasteiger partial charge in [0.15, 0.2) is 0 Å². The molecule has 5 heteroatoms. The smallest absolute Gasteiger partial charge is 0.251 e. The first-order chi connectivity index (χ1) is 12.1. The molecule has 0 aliphatic heterocycles. The van der Waals surface area contributed by atoms with Gasteiger partial charge in [-0.2, -0.15) is 0 Å². The van der Waals surface area contributed by atoms with Crippen LogP contribution in [0, 0.1) is 0 Å². The molecule has 132 valence electrons. The fourth-order valence-corrected chi connectivity index (χ4v) is 2.21. The first-order valence-electron chi connectivity index (χ1n) is 8.45. The molecule has 0 unspecified atom stereocenters. The third-order valence-corrected chi connectivity index (χ3v) is 3.77. The summed E-state index contributed by atoms with van der Waals surface area (Å²) in [5.41, 5.74) is 0.490. The molecular formula is C20H24N2O3. The first kappa shape index (κ1) is 18.5. The Balaban J connectivity index is 1.85. The van der Waals surface area contributed by atoms with Crippen LogP contribution in [0.1, 0.15) is 30.1 Å². The van der Waals surface area contributed by atoms with Gasteiger partial charge in [0.25, 0.3) is 5.91 Å². The van der Waals surface area contributed by atoms with Crippen LogP contribution in [0.4, 0.5) is 0 Å². The molecule has 5 nitrogen and oxygen atoms in total. The molecule has 0 radical (unpaired) electrons. The van der Waals surface area contributed by atoms with Gasteiger partial charge in [-0.3, -0.25) is 9.59 Å². The Kier molecular flexibility index (Phi) is 7.01. The van der Waals surface area contributed by atoms with Crippen molar-refractivity contribution in [3.8, 4) is 11.5 Å². The molecule has 0 atom stereocenters. The molecule has 0 fully saturated rings. The highest BCUT2D eigenvalue weighted by atomic mass is 16.5. The van der Waals surface area contributed by atoms with E-state index in [2.05, 4.69) is 12.2 Å². The van der Waals surface area contributed by atoms with E-state index < -0.39 is 0 Å². The predicted molar refractivity (Wildman–Crippen MR) is 97.8 cm³/mol. The second kappa shape index (κ2) is 9.47. The summed E-state index contributed by atoms with van der Waals surface area (Å²) in [6, 6.07) is 16.3. The van der Waals surface area contributed by atoms with Crippen molar-refractivity contribution in [1.82, 2.24) is 10.2 Å². The molecule has 0 saturated carbocycles. The Morgan fingerprint density at radius 1 is 1.00 bits per heavy atom. The van der Waals surface area contributed by atoms with Crippen LogP contribution >= 0.6 is 0 Å². The van der Waals surface area contributed by atoms with Crippen LogP contribution in [0.3, 0.4) is 0 Å². The van der Waals surface area contributed by atoms with Gasteiger partial charge in [0, 0.05) is 19.2 Å². The average molecular weight is 340 g/mol. The van der Waals surface area contributed by atoms with Crippen molar-refractivity contribution < 1.29 is 14.3 Å². The fourth-order valence-electron chi connectivity index (χ4n) is 2.21. The van der Waals surface area contributed by atoms with Crippen LogP contribution in [0.25, 0.3) is 0 Å². The highest BCUT2D eigenvalue weighted by Crippen LogP contribution is 2.21. The molecule has 0 heterocycles. The Bertz CT molecular complexity index is 684. The van der Waals surface area contributed by atoms with Crippen molar-refractivity contribution in [2.45, 2.75) is 19.8 Å². The van der Waals surface area contributed by atoms with E-state index in [0.717, 1.165) is 18.6 Å². The number of likely N-dealkylation sites (N-methyl/N-ethyl adjacent to an activating group) is 1. The van der Waals surface area contributed by atoms with E-state index in [4.69, 9.17) is 4.74 Å². The quantitative estimate of drug-likeness (QED) is 0.800. The number of amides is 2. The maximum absolute atomic E-state index is 12.1. The normalized spacial score (nSPS) is 10.2. The molecule has 2 amide bonds. The maximum atomic E-state index is 12.1. The molecule has 0 aliphatic rings. The molecule has 25 heavy (non-hydrogen) atoms. The van der Waals surface area contributed by atoms with Gasteiger partial charge in [0.2, 0.25) is 5.91 Å². The molecule has 0 bridgehead atoms. The van der Waals surface area contributed by atoms with E-state index >= 15 is 0 Å². The van der Waals surface area contributed by atoms with E-state index in [1.165, 1.54) is 0 Å². The lowest BCUT2D eigenvalue weighted by Gasteiger charge is -2.17. The SMILES string of the molecule is CCCCN(C)C(=O)CNC(=O)c1ccc(Oc2ccccc2)cc1. The van der Waals surface area contributed by atoms with Crippen LogP contribution in [-0.4, -0.2) is 36.9 Å². The number of benzene rings is 2. The lowest BCUT2D eigenvalue weighted by Crippen LogP contribution is -2.38. The second-order valence-electron chi connectivity index (χ2n) is 5.79. The third kappa shape index (κ3) is 5.95. The number of nitrogens with zero attached hydrogens (tertiary/aromatic N) is 1. The van der Waals surface area contributed by atoms with E-state index in [9.17, 15) is 9.59 Å². The van der Waals surface area contributed by atoms with Gasteiger partial charge >= 0.3 is 0 Å². The number of para-hydroxylation sites is 1. The van der Waals surface area contributed by atoms with Crippen molar-refractivity contribution in [2.75, 3.05) is 20.1 Å². The summed E-state index contributed by atoms with van der Waals surface area (Å²) in [5.74, 6) is 1.02. The summed E-state index contributed by atoms with van der Waals surface area (Å²) >= 11 is 0. The minimum atomic E-state index is -0.275. The Hall–Kier alpha value is -2.82. The second-order valence-corrected chi connectivity index (χ2v) is 5.79. The summed E-state index contributed by atoms with van der Waals surface area (Å²) in [6.07, 6.45) is 1.99. The molecular weight excluding hydrogens is 316 g/mol. The number of nitrogens with one attached hydrogen (secondary N) is 1. The Labute approximate surface area is 148 Å². The van der Waals surface area contributed by atoms with Crippen molar-refractivity contribution in [3.05, 3.63) is 60.2 Å². The summed E-state index contributed by atoms with van der Waals surface area (Å²) in [4.78, 5) is 25.7. The number of hydrogen-bond donors (Lipinski definition) is 1. The number of unbranched alkanes of at least 4 members (excludes halogenated alkanes) is 1. The van der Waals surface area contributed by atoms with Gasteiger partial charge in [-0.25, -0.2) is 0 Å². The lowest BCUT2D eigenvalue weighted by molar-refractivity contribution is -0.128. The Morgan fingerprint density at radius 3 is 2.28 bits per heavy atom. The zero-order valence-electron chi connectivity index (χ0n) is 14.7. The van der Waals surface area contributed by atoms with Crippen LogP contribution in [0.2, 0.25) is 0 Å². The molecule has 0 spiro atoms. The van der Waals surface area contributed by atoms with E-state index in [0.29, 0.717) is 17.9 Å². The van der Waals surface area contributed by atoms with Gasteiger partial charge in [-0.1, -0.05) is 31.5 Å². The molecule has 2 aromatic rings. The van der Waals surface area contributed by atoms with E-state index in [1.807, 2.05) is 30.3 Å². The minimum absolute atomic E-state index is 0.00130. The number of rotatable bonds is 8. The highest BCUT2D eigenvalue weighted by molar-refractivity contribution is 5.96. The van der Waals surface area contributed by atoms with Crippen molar-refractivity contribution >= 4 is 11.8 Å². The molecule has 0 aliphatic carbocycles. The molecule has 1 N–H and O–H groups in total. The summed E-state index contributed by atoms with van der Waals surface area (Å²) in [7, 11) is 1.75. The topological polar surface area (TPSA) is 58.6 Å². The standard InChI is InChI=1S/C20H24N2O3/c1-3-4-14-22(2)19(23)15-21-20(24)16-10-12-18(13-11-16)25-17-8-6-5-7-9-17/h5-13H,3-4,14-15H2,1-2H3,(H,21,24). The monoisotopic (exact) mass is 340 g/mol. The largest absolute Gasteiger partial charge is 0.457 e. The molecule has 2 aromatic carbocycles. The van der Waals surface area contributed by atoms with Crippen LogP contribution < -0.4 is 10.1 Å². The van der Waals surface area contributed by atoms with Crippen molar-refractivity contribution in [2.24, 2.45) is 0 Å². The summed E-state index contributed by atoms with van der Waals surface area (Å²) < 4.78 is 5.69. The fraction of sp³-hybridized carbons (Fsp3) is 0.300. The number of ether oxygens (including phenoxy) is 1. The number of hydrogen-bond acceptors (Lipinski definition) is 3. The van der Waals surface area contributed by atoms with E-state index in [-0.39, 0.29) is 18.4 Å². The van der Waals surface area contributed by atoms with Crippen molar-refractivity contribution in [3.63, 3.8) is 0 Å². The lowest BCUT2D eigenvalue weighted by atomic mass is 10.2. The van der Waals surface area contributed by atoms with Gasteiger partial charge in [0.05, 0.1) is 6.54 Å². The van der Waals surface area contributed by atoms with Crippen LogP contribution in [-0.2, 0) is 4.79 Å². The van der Waals surface area contributed by atoms with Crippen molar-refractivity contribution in [1.29, 1.82) is 0 Å². The van der Waals surface area contributed by atoms with Crippen LogP contribution in [0.15, 0.2) is 54.6 Å². The number of carbonyl (C=O) groups excluding carboxylic acids is 2. The highest BCUT2D eigenvalue weighted by Gasteiger charge is 2.11. The van der Waals surface area contributed by atoms with Crippen LogP contribution in [0.5, 0.6) is 11.5 Å². The molecule has 0 aromatic heterocycles. The average Bonchev–Trinajstić information content (AvgIpc) is 2.65. The zero-order valence-corrected chi connectivity index (χ0v) is 14.7. The Morgan fingerprint density at radius 2 is 1.64 bits per heavy atom. The van der Waals surface area contributed by atoms with Gasteiger partial charge < -0.3 is 15.0 Å². The van der Waals surface area contributed by atoms with Gasteiger partial charge in [-0.15, -0.1) is 0 Å². The predicted octanol–water partition coefficient (Wildman–Crippen LogP) is 3.47. The third-order valence-electron chi connectivity index (χ3n) is 3.77. The van der Waals surface area contributed by atoms with Gasteiger partial charge in [-0.05, 0) is 42.8 Å². The first-order valence-corrected chi connectivity index (χ1v) is 8.45.